The second-order valence-corrected chi connectivity index (χ2v) is 5.64. The summed E-state index contributed by atoms with van der Waals surface area (Å²) >= 11 is 0. The third-order valence-corrected chi connectivity index (χ3v) is 3.37. The maximum absolute atomic E-state index is 13.4. The van der Waals surface area contributed by atoms with Gasteiger partial charge >= 0.3 is 0 Å². The predicted molar refractivity (Wildman–Crippen MR) is 65.5 cm³/mol. The zero-order valence-electron chi connectivity index (χ0n) is 10.7. The number of carbonyl (C=O) groups excluding carboxylic acids is 1. The van der Waals surface area contributed by atoms with Crippen LogP contribution in [0, 0.1) is 17.0 Å². The first-order valence-electron chi connectivity index (χ1n) is 6.09. The minimum atomic E-state index is -0.779. The summed E-state index contributed by atoms with van der Waals surface area (Å²) in [5.74, 6) is -2.04. The van der Waals surface area contributed by atoms with E-state index < -0.39 is 23.0 Å². The van der Waals surface area contributed by atoms with Gasteiger partial charge in [0, 0.05) is 6.54 Å². The highest BCUT2D eigenvalue weighted by molar-refractivity contribution is 5.98. The summed E-state index contributed by atoms with van der Waals surface area (Å²) in [5, 5.41) is 0. The Labute approximate surface area is 106 Å². The van der Waals surface area contributed by atoms with Gasteiger partial charge < -0.3 is 0 Å². The van der Waals surface area contributed by atoms with Crippen LogP contribution < -0.4 is 0 Å². The van der Waals surface area contributed by atoms with Gasteiger partial charge in [0.1, 0.15) is 11.6 Å². The standard InChI is InChI=1S/C14H17F2NO/c1-14(2)6-7-17(9-14)8-12(18)13-10(15)4-3-5-11(13)16/h3-5H,6-9H2,1-2H3. The van der Waals surface area contributed by atoms with E-state index in [9.17, 15) is 13.6 Å². The SMILES string of the molecule is CC1(C)CCN(CC(=O)c2c(F)cccc2F)C1. The van der Waals surface area contributed by atoms with E-state index in [0.29, 0.717) is 0 Å². The Morgan fingerprint density at radius 3 is 2.44 bits per heavy atom. The molecular weight excluding hydrogens is 236 g/mol. The van der Waals surface area contributed by atoms with Crippen molar-refractivity contribution in [3.8, 4) is 0 Å². The van der Waals surface area contributed by atoms with Crippen LogP contribution in [0.5, 0.6) is 0 Å². The summed E-state index contributed by atoms with van der Waals surface area (Å²) in [6.07, 6.45) is 1.00. The van der Waals surface area contributed by atoms with Crippen LogP contribution >= 0.6 is 0 Å². The van der Waals surface area contributed by atoms with E-state index in [1.165, 1.54) is 6.07 Å². The molecule has 2 rings (SSSR count). The molecule has 0 aliphatic carbocycles. The number of benzene rings is 1. The average molecular weight is 253 g/mol. The number of halogens is 2. The lowest BCUT2D eigenvalue weighted by atomic mass is 9.93. The summed E-state index contributed by atoms with van der Waals surface area (Å²) in [6, 6.07) is 3.49. The zero-order chi connectivity index (χ0) is 13.3. The molecule has 0 amide bonds. The van der Waals surface area contributed by atoms with Gasteiger partial charge in [-0.25, -0.2) is 8.78 Å². The third kappa shape index (κ3) is 2.75. The molecule has 1 aliphatic heterocycles. The van der Waals surface area contributed by atoms with Crippen molar-refractivity contribution in [3.63, 3.8) is 0 Å². The Morgan fingerprint density at radius 2 is 1.94 bits per heavy atom. The smallest absolute Gasteiger partial charge is 0.182 e. The molecule has 1 fully saturated rings. The lowest BCUT2D eigenvalue weighted by Crippen LogP contribution is -2.30. The molecule has 1 saturated heterocycles. The summed E-state index contributed by atoms with van der Waals surface area (Å²) < 4.78 is 26.9. The van der Waals surface area contributed by atoms with Crippen LogP contribution in [0.15, 0.2) is 18.2 Å². The molecule has 0 aromatic heterocycles. The van der Waals surface area contributed by atoms with Crippen molar-refractivity contribution in [2.45, 2.75) is 20.3 Å². The summed E-state index contributed by atoms with van der Waals surface area (Å²) in [7, 11) is 0. The Bertz CT molecular complexity index is 451. The second-order valence-electron chi connectivity index (χ2n) is 5.64. The molecule has 2 nitrogen and oxygen atoms in total. The van der Waals surface area contributed by atoms with Gasteiger partial charge in [0.25, 0.3) is 0 Å². The van der Waals surface area contributed by atoms with Crippen LogP contribution in [-0.2, 0) is 0 Å². The van der Waals surface area contributed by atoms with Gasteiger partial charge in [-0.3, -0.25) is 9.69 Å². The minimum absolute atomic E-state index is 0.0846. The van der Waals surface area contributed by atoms with Gasteiger partial charge in [0.05, 0.1) is 12.1 Å². The molecule has 1 aromatic carbocycles. The Hall–Kier alpha value is -1.29. The zero-order valence-corrected chi connectivity index (χ0v) is 10.7. The molecule has 1 heterocycles. The number of ketones is 1. The predicted octanol–water partition coefficient (Wildman–Crippen LogP) is 2.88. The van der Waals surface area contributed by atoms with Gasteiger partial charge in [-0.1, -0.05) is 19.9 Å². The monoisotopic (exact) mass is 253 g/mol. The number of rotatable bonds is 3. The average Bonchev–Trinajstić information content (AvgIpc) is 2.57. The van der Waals surface area contributed by atoms with Gasteiger partial charge in [-0.05, 0) is 30.5 Å². The van der Waals surface area contributed by atoms with Crippen molar-refractivity contribution in [2.24, 2.45) is 5.41 Å². The summed E-state index contributed by atoms with van der Waals surface area (Å²) in [5.41, 5.74) is -0.240. The molecule has 0 saturated carbocycles. The van der Waals surface area contributed by atoms with E-state index in [2.05, 4.69) is 13.8 Å². The fraction of sp³-hybridized carbons (Fsp3) is 0.500. The number of carbonyl (C=O) groups is 1. The normalized spacial score (nSPS) is 19.1. The molecule has 1 aliphatic rings. The summed E-state index contributed by atoms with van der Waals surface area (Å²) in [4.78, 5) is 13.9. The maximum atomic E-state index is 13.4. The molecule has 0 atom stereocenters. The Morgan fingerprint density at radius 1 is 1.33 bits per heavy atom. The fourth-order valence-electron chi connectivity index (χ4n) is 2.41. The molecule has 0 bridgehead atoms. The highest BCUT2D eigenvalue weighted by Crippen LogP contribution is 2.28. The van der Waals surface area contributed by atoms with Crippen molar-refractivity contribution in [1.29, 1.82) is 0 Å². The van der Waals surface area contributed by atoms with E-state index >= 15 is 0 Å². The van der Waals surface area contributed by atoms with Gasteiger partial charge in [-0.15, -0.1) is 0 Å². The van der Waals surface area contributed by atoms with Gasteiger partial charge in [0.15, 0.2) is 5.78 Å². The largest absolute Gasteiger partial charge is 0.295 e. The van der Waals surface area contributed by atoms with Crippen LogP contribution in [-0.4, -0.2) is 30.3 Å². The van der Waals surface area contributed by atoms with E-state index in [-0.39, 0.29) is 12.0 Å². The van der Waals surface area contributed by atoms with Gasteiger partial charge in [-0.2, -0.15) is 0 Å². The molecule has 98 valence electrons. The number of nitrogens with zero attached hydrogens (tertiary/aromatic N) is 1. The fourth-order valence-corrected chi connectivity index (χ4v) is 2.41. The maximum Gasteiger partial charge on any atom is 0.182 e. The van der Waals surface area contributed by atoms with E-state index in [1.807, 2.05) is 4.90 Å². The van der Waals surface area contributed by atoms with Crippen LogP contribution in [0.1, 0.15) is 30.6 Å². The quantitative estimate of drug-likeness (QED) is 0.772. The van der Waals surface area contributed by atoms with E-state index in [0.717, 1.165) is 31.6 Å². The number of hydrogen-bond donors (Lipinski definition) is 0. The molecule has 0 unspecified atom stereocenters. The van der Waals surface area contributed by atoms with Crippen LogP contribution in [0.3, 0.4) is 0 Å². The number of hydrogen-bond acceptors (Lipinski definition) is 2. The molecule has 0 radical (unpaired) electrons. The van der Waals surface area contributed by atoms with Crippen molar-refractivity contribution in [3.05, 3.63) is 35.4 Å². The molecule has 4 heteroatoms. The lowest BCUT2D eigenvalue weighted by molar-refractivity contribution is 0.0932. The topological polar surface area (TPSA) is 20.3 Å². The molecule has 1 aromatic rings. The van der Waals surface area contributed by atoms with Crippen LogP contribution in [0.25, 0.3) is 0 Å². The van der Waals surface area contributed by atoms with Crippen molar-refractivity contribution >= 4 is 5.78 Å². The first kappa shape index (κ1) is 13.1. The van der Waals surface area contributed by atoms with Crippen molar-refractivity contribution < 1.29 is 13.6 Å². The third-order valence-electron chi connectivity index (χ3n) is 3.37. The first-order valence-corrected chi connectivity index (χ1v) is 6.09. The lowest BCUT2D eigenvalue weighted by Gasteiger charge is -2.19. The highest BCUT2D eigenvalue weighted by atomic mass is 19.1. The molecule has 0 N–H and O–H groups in total. The Balaban J connectivity index is 2.09. The van der Waals surface area contributed by atoms with E-state index in [4.69, 9.17) is 0 Å². The molecular formula is C14H17F2NO. The number of Topliss-reactive ketones (excluding diaryl/α,β-unsaturated/α-hetero) is 1. The molecule has 0 spiro atoms. The Kier molecular flexibility index (Phi) is 3.48. The number of likely N-dealkylation sites (tertiary alicyclic amines) is 1. The highest BCUT2D eigenvalue weighted by Gasteiger charge is 2.31. The van der Waals surface area contributed by atoms with Crippen molar-refractivity contribution in [1.82, 2.24) is 4.90 Å². The molecule has 18 heavy (non-hydrogen) atoms. The van der Waals surface area contributed by atoms with Crippen LogP contribution in [0.2, 0.25) is 0 Å². The minimum Gasteiger partial charge on any atom is -0.295 e. The van der Waals surface area contributed by atoms with Crippen LogP contribution in [0.4, 0.5) is 8.78 Å². The van der Waals surface area contributed by atoms with Gasteiger partial charge in [0.2, 0.25) is 0 Å². The van der Waals surface area contributed by atoms with E-state index in [1.54, 1.807) is 0 Å². The van der Waals surface area contributed by atoms with Crippen molar-refractivity contribution in [2.75, 3.05) is 19.6 Å². The first-order chi connectivity index (χ1) is 8.39. The summed E-state index contributed by atoms with van der Waals surface area (Å²) in [6.45, 7) is 5.92. The second kappa shape index (κ2) is 4.76.